The van der Waals surface area contributed by atoms with Crippen molar-refractivity contribution in [3.63, 3.8) is 0 Å². The number of aromatic nitrogens is 2. The minimum atomic E-state index is -1.64. The average molecular weight is 997 g/mol. The smallest absolute Gasteiger partial charge is 0.323 e. The number of imide groups is 2. The van der Waals surface area contributed by atoms with Crippen LogP contribution in [0.3, 0.4) is 0 Å². The number of fused-ring (bicyclic) bond motifs is 3. The van der Waals surface area contributed by atoms with Gasteiger partial charge in [0, 0.05) is 53.8 Å². The maximum atomic E-state index is 13.1. The highest BCUT2D eigenvalue weighted by molar-refractivity contribution is 14.1. The second kappa shape index (κ2) is 17.7. The number of methoxy groups -OCH3 is 2. The third-order valence-corrected chi connectivity index (χ3v) is 11.6. The lowest BCUT2D eigenvalue weighted by atomic mass is 9.95. The van der Waals surface area contributed by atoms with E-state index in [0.29, 0.717) is 55.1 Å². The second-order valence-corrected chi connectivity index (χ2v) is 16.0. The molecule has 8 amide bonds. The molecule has 0 bridgehead atoms. The molecule has 2 saturated heterocycles. The Bertz CT molecular complexity index is 2930. The molecule has 0 radical (unpaired) electrons. The molecule has 9 rings (SSSR count). The molecular formula is C44H37IN8O12. The van der Waals surface area contributed by atoms with Crippen LogP contribution in [0, 0.1) is 16.0 Å². The molecule has 4 aliphatic heterocycles. The number of hydrogen-bond donors (Lipinski definition) is 5. The fourth-order valence-corrected chi connectivity index (χ4v) is 7.61. The summed E-state index contributed by atoms with van der Waals surface area (Å²) in [6.07, 6.45) is 8.28. The van der Waals surface area contributed by atoms with Crippen molar-refractivity contribution in [2.24, 2.45) is 0 Å². The van der Waals surface area contributed by atoms with Crippen LogP contribution >= 0.6 is 22.6 Å². The molecule has 5 aromatic rings. The van der Waals surface area contributed by atoms with E-state index in [2.05, 4.69) is 37.2 Å². The lowest BCUT2D eigenvalue weighted by molar-refractivity contribution is -0.125. The molecular weight excluding hydrogens is 959 g/mol. The summed E-state index contributed by atoms with van der Waals surface area (Å²) in [5.74, 6) is 1.49. The summed E-state index contributed by atoms with van der Waals surface area (Å²) in [5, 5.41) is 18.5. The Kier molecular flexibility index (Phi) is 12.3. The van der Waals surface area contributed by atoms with Crippen LogP contribution in [0.15, 0.2) is 71.4 Å². The van der Waals surface area contributed by atoms with Crippen LogP contribution in [0.4, 0.5) is 9.59 Å². The van der Waals surface area contributed by atoms with Gasteiger partial charge in [0.25, 0.3) is 23.6 Å². The number of ketones is 2. The fraction of sp³-hybridized carbons (Fsp3) is 0.227. The highest BCUT2D eigenvalue weighted by atomic mass is 127. The van der Waals surface area contributed by atoms with Gasteiger partial charge < -0.3 is 39.4 Å². The maximum absolute atomic E-state index is 13.1. The number of halogens is 1. The van der Waals surface area contributed by atoms with Crippen LogP contribution in [0.2, 0.25) is 0 Å². The van der Waals surface area contributed by atoms with Gasteiger partial charge in [0.15, 0.2) is 28.2 Å². The standard InChI is InChI=1S/C22H18N4O6.C15H13N3O4.C7H6INO2/c1-11(27)13-5-17-16(23-8-13)7-18(32-17)22(20(29)24-21(30)25-22)10-26-9-12-3-4-14(31-2)6-15(12)19(26)28;1-3-15(13(20)16-14(21)17-15)8-18-7-9-4-5-10(22-2)6-11(9)12(18)19;1-4(10)5-2-6(11)7(8)9-3-5/h3-8H,9-10H2,1-2H3,(H2,24,25,29,30);1,4-6H,7-8H2,2H3,(H2,16,17,20,21);2-3,11H,1H3/t22-;15-;/m01./s1. The molecule has 0 saturated carbocycles. The molecule has 3 aromatic heterocycles. The topological polar surface area (TPSA) is 269 Å². The molecule has 0 spiro atoms. The zero-order valence-electron chi connectivity index (χ0n) is 34.9. The Labute approximate surface area is 382 Å². The van der Waals surface area contributed by atoms with Crippen molar-refractivity contribution in [3.8, 4) is 29.6 Å². The van der Waals surface area contributed by atoms with Gasteiger partial charge in [-0.3, -0.25) is 44.4 Å². The number of carbonyl (C=O) groups excluding carboxylic acids is 8. The van der Waals surface area contributed by atoms with Gasteiger partial charge in [-0.1, -0.05) is 18.1 Å². The first-order chi connectivity index (χ1) is 30.9. The molecule has 7 heterocycles. The van der Waals surface area contributed by atoms with Gasteiger partial charge in [-0.05, 0) is 84.0 Å². The number of carbonyl (C=O) groups is 8. The van der Waals surface area contributed by atoms with Crippen LogP contribution < -0.4 is 30.7 Å². The minimum absolute atomic E-state index is 0.0540. The Hall–Kier alpha value is -7.87. The highest BCUT2D eigenvalue weighted by Crippen LogP contribution is 2.35. The number of nitrogens with one attached hydrogen (secondary N) is 4. The van der Waals surface area contributed by atoms with Gasteiger partial charge in [0.2, 0.25) is 0 Å². The molecule has 0 aliphatic carbocycles. The van der Waals surface area contributed by atoms with Crippen molar-refractivity contribution in [1.29, 1.82) is 0 Å². The Morgan fingerprint density at radius 2 is 1.32 bits per heavy atom. The number of urea groups is 2. The van der Waals surface area contributed by atoms with E-state index in [1.807, 2.05) is 22.6 Å². The Balaban J connectivity index is 0.000000164. The van der Waals surface area contributed by atoms with E-state index in [1.54, 1.807) is 36.4 Å². The summed E-state index contributed by atoms with van der Waals surface area (Å²) < 4.78 is 16.7. The fourth-order valence-electron chi connectivity index (χ4n) is 7.32. The number of ether oxygens (including phenoxy) is 2. The summed E-state index contributed by atoms with van der Waals surface area (Å²) in [7, 11) is 3.03. The number of Topliss-reactive ketones (excluding diaryl/α,β-unsaturated/α-hetero) is 2. The Morgan fingerprint density at radius 1 is 0.785 bits per heavy atom. The van der Waals surface area contributed by atoms with E-state index in [4.69, 9.17) is 25.4 Å². The van der Waals surface area contributed by atoms with Crippen molar-refractivity contribution in [2.45, 2.75) is 38.0 Å². The van der Waals surface area contributed by atoms with Crippen LogP contribution in [-0.4, -0.2) is 105 Å². The lowest BCUT2D eigenvalue weighted by Gasteiger charge is -2.28. The summed E-state index contributed by atoms with van der Waals surface area (Å²) in [6.45, 7) is 3.19. The summed E-state index contributed by atoms with van der Waals surface area (Å²) in [4.78, 5) is 107. The van der Waals surface area contributed by atoms with Crippen molar-refractivity contribution in [1.82, 2.24) is 41.0 Å². The number of furan rings is 1. The molecule has 332 valence electrons. The SMILES string of the molecule is C#C[C@]1(CN2Cc3ccc(OC)cc3C2=O)NC(=O)NC1=O.CC(=O)c1cnc(I)c(O)c1.COc1ccc2c(c1)C(=O)N(C[C@@]1(c3cc4ncc(C(C)=O)cc4o3)NC(=O)NC1=O)C2. The number of pyridine rings is 2. The van der Waals surface area contributed by atoms with Gasteiger partial charge in [-0.25, -0.2) is 14.6 Å². The molecule has 2 atom stereocenters. The predicted molar refractivity (Wildman–Crippen MR) is 235 cm³/mol. The number of amides is 8. The molecule has 4 aliphatic rings. The largest absolute Gasteiger partial charge is 0.505 e. The Morgan fingerprint density at radius 3 is 1.82 bits per heavy atom. The first kappa shape index (κ1) is 45.2. The lowest BCUT2D eigenvalue weighted by Crippen LogP contribution is -2.54. The van der Waals surface area contributed by atoms with Crippen LogP contribution in [0.1, 0.15) is 72.2 Å². The van der Waals surface area contributed by atoms with Crippen LogP contribution in [0.25, 0.3) is 11.1 Å². The summed E-state index contributed by atoms with van der Waals surface area (Å²) in [6, 6.07) is 13.5. The highest BCUT2D eigenvalue weighted by Gasteiger charge is 2.53. The van der Waals surface area contributed by atoms with E-state index in [9.17, 15) is 38.4 Å². The maximum Gasteiger partial charge on any atom is 0.323 e. The average Bonchev–Trinajstić information content (AvgIpc) is 4.07. The van der Waals surface area contributed by atoms with Gasteiger partial charge in [0.05, 0.1) is 27.3 Å². The van der Waals surface area contributed by atoms with E-state index < -0.39 is 35.0 Å². The predicted octanol–water partition coefficient (Wildman–Crippen LogP) is 3.19. The molecule has 21 heteroatoms. The monoisotopic (exact) mass is 996 g/mol. The number of terminal acetylenes is 1. The van der Waals surface area contributed by atoms with E-state index in [-0.39, 0.29) is 54.5 Å². The van der Waals surface area contributed by atoms with Crippen LogP contribution in [0.5, 0.6) is 17.2 Å². The van der Waals surface area contributed by atoms with Gasteiger partial charge in [-0.2, -0.15) is 0 Å². The molecule has 2 aromatic carbocycles. The van der Waals surface area contributed by atoms with Crippen molar-refractivity contribution in [2.75, 3.05) is 27.3 Å². The van der Waals surface area contributed by atoms with Crippen molar-refractivity contribution in [3.05, 3.63) is 110 Å². The third kappa shape index (κ3) is 8.75. The number of hydrogen-bond acceptors (Lipinski definition) is 14. The van der Waals surface area contributed by atoms with E-state index in [0.717, 1.165) is 11.1 Å². The van der Waals surface area contributed by atoms with E-state index in [1.165, 1.54) is 68.5 Å². The molecule has 2 fully saturated rings. The van der Waals surface area contributed by atoms with Crippen molar-refractivity contribution >= 4 is 80.9 Å². The number of nitrogens with zero attached hydrogens (tertiary/aromatic N) is 4. The second-order valence-electron chi connectivity index (χ2n) is 15.0. The normalized spacial score (nSPS) is 19.1. The number of benzene rings is 2. The zero-order chi connectivity index (χ0) is 47.0. The molecule has 5 N–H and O–H groups in total. The van der Waals surface area contributed by atoms with Crippen LogP contribution in [-0.2, 0) is 28.2 Å². The molecule has 0 unspecified atom stereocenters. The molecule has 65 heavy (non-hydrogen) atoms. The summed E-state index contributed by atoms with van der Waals surface area (Å²) in [5.41, 5.74) is 0.915. The first-order valence-electron chi connectivity index (χ1n) is 19.3. The van der Waals surface area contributed by atoms with E-state index >= 15 is 0 Å². The first-order valence-corrected chi connectivity index (χ1v) is 20.4. The molecule has 20 nitrogen and oxygen atoms in total. The van der Waals surface area contributed by atoms with Gasteiger partial charge >= 0.3 is 12.1 Å². The third-order valence-electron chi connectivity index (χ3n) is 10.8. The zero-order valence-corrected chi connectivity index (χ0v) is 37.0. The van der Waals surface area contributed by atoms with Gasteiger partial charge in [0.1, 0.15) is 32.2 Å². The summed E-state index contributed by atoms with van der Waals surface area (Å²) >= 11 is 1.89. The van der Waals surface area contributed by atoms with Crippen molar-refractivity contribution < 1.29 is 57.4 Å². The number of rotatable bonds is 9. The van der Waals surface area contributed by atoms with Gasteiger partial charge in [-0.15, -0.1) is 6.42 Å². The number of aromatic hydroxyl groups is 1. The minimum Gasteiger partial charge on any atom is -0.505 e. The quantitative estimate of drug-likeness (QED) is 0.0467.